The number of furan rings is 1. The van der Waals surface area contributed by atoms with Gasteiger partial charge >= 0.3 is 0 Å². The van der Waals surface area contributed by atoms with Crippen LogP contribution in [0.4, 0.5) is 4.39 Å². The Balaban J connectivity index is 1.80. The summed E-state index contributed by atoms with van der Waals surface area (Å²) in [4.78, 5) is 12.1. The second kappa shape index (κ2) is 5.66. The molecule has 1 aromatic carbocycles. The molecule has 5 heteroatoms. The molecule has 4 nitrogen and oxygen atoms in total. The Morgan fingerprint density at radius 2 is 2.00 bits per heavy atom. The smallest absolute Gasteiger partial charge is 0.254 e. The molecule has 0 aliphatic rings. The number of rotatable bonds is 4. The molecular formula is C16H13FN2O2. The van der Waals surface area contributed by atoms with E-state index in [1.807, 2.05) is 29.1 Å². The average Bonchev–Trinajstić information content (AvgIpc) is 3.18. The third kappa shape index (κ3) is 2.86. The summed E-state index contributed by atoms with van der Waals surface area (Å²) in [6, 6.07) is 11.6. The molecule has 0 spiro atoms. The predicted octanol–water partition coefficient (Wildman–Crippen LogP) is 3.14. The van der Waals surface area contributed by atoms with Gasteiger partial charge in [-0.15, -0.1) is 0 Å². The highest BCUT2D eigenvalue weighted by Crippen LogP contribution is 2.15. The van der Waals surface area contributed by atoms with E-state index in [4.69, 9.17) is 4.42 Å². The van der Waals surface area contributed by atoms with E-state index in [1.165, 1.54) is 18.4 Å². The van der Waals surface area contributed by atoms with Crippen LogP contribution in [0, 0.1) is 5.82 Å². The molecule has 3 rings (SSSR count). The highest BCUT2D eigenvalue weighted by atomic mass is 19.1. The molecule has 0 saturated heterocycles. The van der Waals surface area contributed by atoms with Gasteiger partial charge in [0, 0.05) is 18.1 Å². The zero-order chi connectivity index (χ0) is 14.7. The van der Waals surface area contributed by atoms with Crippen molar-refractivity contribution in [2.45, 2.75) is 6.54 Å². The van der Waals surface area contributed by atoms with Crippen LogP contribution in [-0.2, 0) is 6.54 Å². The van der Waals surface area contributed by atoms with Crippen molar-refractivity contribution in [3.8, 4) is 5.69 Å². The van der Waals surface area contributed by atoms with Crippen LogP contribution in [0.2, 0.25) is 0 Å². The molecule has 2 aromatic heterocycles. The number of hydrogen-bond acceptors (Lipinski definition) is 2. The minimum atomic E-state index is -0.553. The van der Waals surface area contributed by atoms with Gasteiger partial charge in [-0.25, -0.2) is 4.39 Å². The lowest BCUT2D eigenvalue weighted by Crippen LogP contribution is -2.23. The Hall–Kier alpha value is -2.82. The third-order valence-corrected chi connectivity index (χ3v) is 3.10. The summed E-state index contributed by atoms with van der Waals surface area (Å²) in [7, 11) is 0. The van der Waals surface area contributed by atoms with E-state index >= 15 is 0 Å². The molecule has 2 heterocycles. The first-order chi connectivity index (χ1) is 10.2. The number of aromatic nitrogens is 1. The standard InChI is InChI=1S/C16H13FN2O2/c17-15-6-5-12(19-7-1-2-8-19)10-14(15)16(20)18-11-13-4-3-9-21-13/h1-10H,11H2,(H,18,20). The largest absolute Gasteiger partial charge is 0.467 e. The molecule has 0 saturated carbocycles. The zero-order valence-corrected chi connectivity index (χ0v) is 11.1. The highest BCUT2D eigenvalue weighted by Gasteiger charge is 2.13. The molecular weight excluding hydrogens is 271 g/mol. The third-order valence-electron chi connectivity index (χ3n) is 3.10. The fourth-order valence-electron chi connectivity index (χ4n) is 2.03. The van der Waals surface area contributed by atoms with Crippen molar-refractivity contribution in [1.29, 1.82) is 0 Å². The van der Waals surface area contributed by atoms with Gasteiger partial charge in [0.15, 0.2) is 0 Å². The maximum atomic E-state index is 13.8. The quantitative estimate of drug-likeness (QED) is 0.800. The number of hydrogen-bond donors (Lipinski definition) is 1. The summed E-state index contributed by atoms with van der Waals surface area (Å²) in [5.41, 5.74) is 0.734. The van der Waals surface area contributed by atoms with Gasteiger partial charge in [-0.1, -0.05) is 0 Å². The summed E-state index contributed by atoms with van der Waals surface area (Å²) >= 11 is 0. The lowest BCUT2D eigenvalue weighted by Gasteiger charge is -2.08. The number of carbonyl (C=O) groups excluding carboxylic acids is 1. The Labute approximate surface area is 120 Å². The molecule has 0 aliphatic carbocycles. The Bertz CT molecular complexity index is 734. The molecule has 3 aromatic rings. The van der Waals surface area contributed by atoms with Crippen LogP contribution in [-0.4, -0.2) is 10.5 Å². The fraction of sp³-hybridized carbons (Fsp3) is 0.0625. The number of carbonyl (C=O) groups is 1. The van der Waals surface area contributed by atoms with Crippen molar-refractivity contribution in [3.63, 3.8) is 0 Å². The van der Waals surface area contributed by atoms with Crippen molar-refractivity contribution in [2.24, 2.45) is 0 Å². The van der Waals surface area contributed by atoms with Crippen molar-refractivity contribution in [1.82, 2.24) is 9.88 Å². The topological polar surface area (TPSA) is 47.2 Å². The van der Waals surface area contributed by atoms with Crippen LogP contribution in [0.15, 0.2) is 65.5 Å². The van der Waals surface area contributed by atoms with E-state index in [2.05, 4.69) is 5.32 Å². The van der Waals surface area contributed by atoms with E-state index in [0.29, 0.717) is 5.76 Å². The summed E-state index contributed by atoms with van der Waals surface area (Å²) in [6.07, 6.45) is 5.18. The number of benzene rings is 1. The molecule has 0 aliphatic heterocycles. The number of halogens is 1. The molecule has 1 amide bonds. The van der Waals surface area contributed by atoms with Gasteiger partial charge in [0.25, 0.3) is 5.91 Å². The molecule has 1 N–H and O–H groups in total. The van der Waals surface area contributed by atoms with E-state index < -0.39 is 11.7 Å². The lowest BCUT2D eigenvalue weighted by molar-refractivity contribution is 0.0944. The van der Waals surface area contributed by atoms with Crippen LogP contribution in [0.5, 0.6) is 0 Å². The summed E-state index contributed by atoms with van der Waals surface area (Å²) in [6.45, 7) is 0.221. The number of amides is 1. The van der Waals surface area contributed by atoms with Crippen LogP contribution in [0.25, 0.3) is 5.69 Å². The Kier molecular flexibility index (Phi) is 3.55. The molecule has 21 heavy (non-hydrogen) atoms. The maximum Gasteiger partial charge on any atom is 0.254 e. The zero-order valence-electron chi connectivity index (χ0n) is 11.1. The normalized spacial score (nSPS) is 10.5. The average molecular weight is 284 g/mol. The molecule has 0 radical (unpaired) electrons. The van der Waals surface area contributed by atoms with Crippen molar-refractivity contribution in [2.75, 3.05) is 0 Å². The number of nitrogens with one attached hydrogen (secondary N) is 1. The van der Waals surface area contributed by atoms with Crippen LogP contribution in [0.3, 0.4) is 0 Å². The van der Waals surface area contributed by atoms with E-state index in [1.54, 1.807) is 18.2 Å². The van der Waals surface area contributed by atoms with Gasteiger partial charge < -0.3 is 14.3 Å². The first kappa shape index (κ1) is 13.2. The van der Waals surface area contributed by atoms with E-state index in [-0.39, 0.29) is 12.1 Å². The Morgan fingerprint density at radius 1 is 1.19 bits per heavy atom. The van der Waals surface area contributed by atoms with Crippen molar-refractivity contribution < 1.29 is 13.6 Å². The summed E-state index contributed by atoms with van der Waals surface area (Å²) in [5.74, 6) is -0.411. The van der Waals surface area contributed by atoms with Gasteiger partial charge in [-0.3, -0.25) is 4.79 Å². The maximum absolute atomic E-state index is 13.8. The van der Waals surface area contributed by atoms with E-state index in [0.717, 1.165) is 5.69 Å². The molecule has 106 valence electrons. The van der Waals surface area contributed by atoms with E-state index in [9.17, 15) is 9.18 Å². The molecule has 0 atom stereocenters. The summed E-state index contributed by atoms with van der Waals surface area (Å²) < 4.78 is 20.8. The number of nitrogens with zero attached hydrogens (tertiary/aromatic N) is 1. The molecule has 0 bridgehead atoms. The van der Waals surface area contributed by atoms with Gasteiger partial charge in [-0.05, 0) is 42.5 Å². The monoisotopic (exact) mass is 284 g/mol. The van der Waals surface area contributed by atoms with Crippen LogP contribution >= 0.6 is 0 Å². The minimum Gasteiger partial charge on any atom is -0.467 e. The minimum absolute atomic E-state index is 0.00718. The van der Waals surface area contributed by atoms with Crippen LogP contribution in [0.1, 0.15) is 16.1 Å². The van der Waals surface area contributed by atoms with Crippen LogP contribution < -0.4 is 5.32 Å². The highest BCUT2D eigenvalue weighted by molar-refractivity contribution is 5.95. The van der Waals surface area contributed by atoms with Gasteiger partial charge in [0.2, 0.25) is 0 Å². The van der Waals surface area contributed by atoms with Crippen molar-refractivity contribution in [3.05, 3.63) is 78.3 Å². The Morgan fingerprint density at radius 3 is 2.71 bits per heavy atom. The first-order valence-corrected chi connectivity index (χ1v) is 6.47. The van der Waals surface area contributed by atoms with Crippen molar-refractivity contribution >= 4 is 5.91 Å². The molecule has 0 unspecified atom stereocenters. The molecule has 0 fully saturated rings. The van der Waals surface area contributed by atoms with Gasteiger partial charge in [0.1, 0.15) is 11.6 Å². The lowest BCUT2D eigenvalue weighted by atomic mass is 10.1. The second-order valence-corrected chi connectivity index (χ2v) is 4.52. The fourth-order valence-corrected chi connectivity index (χ4v) is 2.03. The predicted molar refractivity (Wildman–Crippen MR) is 75.6 cm³/mol. The second-order valence-electron chi connectivity index (χ2n) is 4.52. The summed E-state index contributed by atoms with van der Waals surface area (Å²) in [5, 5.41) is 2.63. The SMILES string of the molecule is O=C(NCc1ccco1)c1cc(-n2cccc2)ccc1F. The first-order valence-electron chi connectivity index (χ1n) is 6.47. The van der Waals surface area contributed by atoms with Gasteiger partial charge in [-0.2, -0.15) is 0 Å². The van der Waals surface area contributed by atoms with Gasteiger partial charge in [0.05, 0.1) is 18.4 Å².